The van der Waals surface area contributed by atoms with Gasteiger partial charge in [0.1, 0.15) is 11.4 Å². The van der Waals surface area contributed by atoms with E-state index in [4.69, 9.17) is 0 Å². The first-order valence-corrected chi connectivity index (χ1v) is 7.78. The van der Waals surface area contributed by atoms with E-state index in [1.165, 1.54) is 11.8 Å². The van der Waals surface area contributed by atoms with Crippen LogP contribution in [-0.2, 0) is 0 Å². The molecule has 0 radical (unpaired) electrons. The number of carbonyl (C=O) groups excluding carboxylic acids is 1. The standard InChI is InChI=1S/C18H21N3O2/c1-12-19-9-14(16(22)20-12)17(23)21-10-15(18(2,3)11-21)13-7-5-4-6-8-13/h4-9,15H,10-11H2,1-3H3,(H,19,20,22)/t15-/m1/s1. The van der Waals surface area contributed by atoms with Crippen molar-refractivity contribution < 1.29 is 4.79 Å². The number of nitrogens with zero attached hydrogens (tertiary/aromatic N) is 2. The number of aryl methyl sites for hydroxylation is 1. The lowest BCUT2D eigenvalue weighted by Crippen LogP contribution is -2.34. The van der Waals surface area contributed by atoms with Gasteiger partial charge in [-0.1, -0.05) is 44.2 Å². The van der Waals surface area contributed by atoms with Crippen LogP contribution in [-0.4, -0.2) is 33.9 Å². The Bertz CT molecular complexity index is 780. The van der Waals surface area contributed by atoms with Crippen molar-refractivity contribution in [2.75, 3.05) is 13.1 Å². The Morgan fingerprint density at radius 2 is 2.00 bits per heavy atom. The van der Waals surface area contributed by atoms with Gasteiger partial charge < -0.3 is 9.88 Å². The molecule has 0 saturated carbocycles. The van der Waals surface area contributed by atoms with Crippen LogP contribution in [0.25, 0.3) is 0 Å². The van der Waals surface area contributed by atoms with E-state index < -0.39 is 0 Å². The molecule has 0 aliphatic carbocycles. The summed E-state index contributed by atoms with van der Waals surface area (Å²) in [6.45, 7) is 7.26. The number of H-pyrrole nitrogens is 1. The van der Waals surface area contributed by atoms with Crippen LogP contribution in [0.15, 0.2) is 41.3 Å². The third-order valence-corrected chi connectivity index (χ3v) is 4.59. The summed E-state index contributed by atoms with van der Waals surface area (Å²) in [5.41, 5.74) is 0.925. The number of nitrogens with one attached hydrogen (secondary N) is 1. The molecule has 1 atom stereocenters. The van der Waals surface area contributed by atoms with Gasteiger partial charge in [0, 0.05) is 25.2 Å². The first-order valence-electron chi connectivity index (χ1n) is 7.78. The molecule has 0 bridgehead atoms. The topological polar surface area (TPSA) is 66.1 Å². The van der Waals surface area contributed by atoms with Gasteiger partial charge in [-0.3, -0.25) is 9.59 Å². The number of aromatic amines is 1. The van der Waals surface area contributed by atoms with Gasteiger partial charge in [-0.25, -0.2) is 4.98 Å². The third-order valence-electron chi connectivity index (χ3n) is 4.59. The Morgan fingerprint density at radius 3 is 2.65 bits per heavy atom. The first kappa shape index (κ1) is 15.5. The second kappa shape index (κ2) is 5.65. The molecule has 1 aliphatic heterocycles. The molecule has 0 spiro atoms. The maximum atomic E-state index is 12.7. The van der Waals surface area contributed by atoms with Crippen LogP contribution in [0.1, 0.15) is 41.5 Å². The van der Waals surface area contributed by atoms with E-state index in [1.807, 2.05) is 18.2 Å². The molecule has 2 aromatic rings. The summed E-state index contributed by atoms with van der Waals surface area (Å²) in [4.78, 5) is 33.1. The fraction of sp³-hybridized carbons (Fsp3) is 0.389. The minimum Gasteiger partial charge on any atom is -0.337 e. The number of likely N-dealkylation sites (tertiary alicyclic amines) is 1. The molecular formula is C18H21N3O2. The van der Waals surface area contributed by atoms with Crippen molar-refractivity contribution in [3.63, 3.8) is 0 Å². The van der Waals surface area contributed by atoms with E-state index in [-0.39, 0.29) is 28.4 Å². The highest BCUT2D eigenvalue weighted by molar-refractivity contribution is 5.93. The molecule has 120 valence electrons. The highest BCUT2D eigenvalue weighted by Crippen LogP contribution is 2.42. The van der Waals surface area contributed by atoms with Gasteiger partial charge in [0.15, 0.2) is 0 Å². The van der Waals surface area contributed by atoms with Crippen molar-refractivity contribution in [1.82, 2.24) is 14.9 Å². The van der Waals surface area contributed by atoms with E-state index in [0.717, 1.165) is 0 Å². The Labute approximate surface area is 135 Å². The van der Waals surface area contributed by atoms with Crippen molar-refractivity contribution >= 4 is 5.91 Å². The van der Waals surface area contributed by atoms with Gasteiger partial charge in [0.2, 0.25) is 0 Å². The van der Waals surface area contributed by atoms with Crippen LogP contribution in [0.3, 0.4) is 0 Å². The lowest BCUT2D eigenvalue weighted by molar-refractivity contribution is 0.0775. The summed E-state index contributed by atoms with van der Waals surface area (Å²) < 4.78 is 0. The van der Waals surface area contributed by atoms with Gasteiger partial charge in [-0.2, -0.15) is 0 Å². The van der Waals surface area contributed by atoms with E-state index in [1.54, 1.807) is 11.8 Å². The SMILES string of the molecule is Cc1ncc(C(=O)N2C[C@H](c3ccccc3)C(C)(C)C2)c(=O)[nH]1. The van der Waals surface area contributed by atoms with Gasteiger partial charge in [-0.15, -0.1) is 0 Å². The molecule has 1 N–H and O–H groups in total. The zero-order chi connectivity index (χ0) is 16.6. The quantitative estimate of drug-likeness (QED) is 0.926. The van der Waals surface area contributed by atoms with E-state index in [0.29, 0.717) is 18.9 Å². The first-order chi connectivity index (χ1) is 10.9. The number of rotatable bonds is 2. The van der Waals surface area contributed by atoms with E-state index in [2.05, 4.69) is 35.9 Å². The fourth-order valence-electron chi connectivity index (χ4n) is 3.34. The van der Waals surface area contributed by atoms with Gasteiger partial charge >= 0.3 is 0 Å². The molecule has 1 aromatic carbocycles. The Kier molecular flexibility index (Phi) is 3.80. The van der Waals surface area contributed by atoms with Crippen LogP contribution < -0.4 is 5.56 Å². The molecule has 5 heteroatoms. The zero-order valence-electron chi connectivity index (χ0n) is 13.7. The lowest BCUT2D eigenvalue weighted by atomic mass is 9.78. The van der Waals surface area contributed by atoms with Crippen LogP contribution in [0.2, 0.25) is 0 Å². The molecule has 23 heavy (non-hydrogen) atoms. The van der Waals surface area contributed by atoms with Crippen LogP contribution in [0, 0.1) is 12.3 Å². The molecule has 1 fully saturated rings. The summed E-state index contributed by atoms with van der Waals surface area (Å²) in [6.07, 6.45) is 1.37. The Morgan fingerprint density at radius 1 is 1.30 bits per heavy atom. The molecule has 1 saturated heterocycles. The Hall–Kier alpha value is -2.43. The number of carbonyl (C=O) groups is 1. The average molecular weight is 311 g/mol. The number of hydrogen-bond acceptors (Lipinski definition) is 3. The maximum absolute atomic E-state index is 12.7. The van der Waals surface area contributed by atoms with E-state index >= 15 is 0 Å². The molecule has 1 aliphatic rings. The second-order valence-corrected chi connectivity index (χ2v) is 6.85. The summed E-state index contributed by atoms with van der Waals surface area (Å²) in [7, 11) is 0. The predicted octanol–water partition coefficient (Wildman–Crippen LogP) is 2.34. The summed E-state index contributed by atoms with van der Waals surface area (Å²) in [5, 5.41) is 0. The monoisotopic (exact) mass is 311 g/mol. The minimum absolute atomic E-state index is 0.0398. The van der Waals surface area contributed by atoms with Gasteiger partial charge in [0.25, 0.3) is 11.5 Å². The maximum Gasteiger partial charge on any atom is 0.263 e. The lowest BCUT2D eigenvalue weighted by Gasteiger charge is -2.25. The number of benzene rings is 1. The molecule has 1 aromatic heterocycles. The minimum atomic E-state index is -0.372. The van der Waals surface area contributed by atoms with Gasteiger partial charge in [-0.05, 0) is 17.9 Å². The molecule has 5 nitrogen and oxygen atoms in total. The van der Waals surface area contributed by atoms with Crippen molar-refractivity contribution in [2.24, 2.45) is 5.41 Å². The highest BCUT2D eigenvalue weighted by Gasteiger charge is 2.42. The summed E-state index contributed by atoms with van der Waals surface area (Å²) >= 11 is 0. The van der Waals surface area contributed by atoms with Crippen molar-refractivity contribution in [3.05, 3.63) is 63.8 Å². The van der Waals surface area contributed by atoms with Crippen molar-refractivity contribution in [2.45, 2.75) is 26.7 Å². The average Bonchev–Trinajstić information content (AvgIpc) is 2.83. The van der Waals surface area contributed by atoms with Gasteiger partial charge in [0.05, 0.1) is 0 Å². The van der Waals surface area contributed by atoms with Crippen LogP contribution in [0.5, 0.6) is 0 Å². The molecule has 2 heterocycles. The zero-order valence-corrected chi connectivity index (χ0v) is 13.7. The number of hydrogen-bond donors (Lipinski definition) is 1. The van der Waals surface area contributed by atoms with E-state index in [9.17, 15) is 9.59 Å². The van der Waals surface area contributed by atoms with Crippen LogP contribution >= 0.6 is 0 Å². The summed E-state index contributed by atoms with van der Waals surface area (Å²) in [6, 6.07) is 10.2. The Balaban J connectivity index is 1.88. The normalized spacial score (nSPS) is 19.8. The molecule has 3 rings (SSSR count). The van der Waals surface area contributed by atoms with Crippen LogP contribution in [0.4, 0.5) is 0 Å². The number of amides is 1. The fourth-order valence-corrected chi connectivity index (χ4v) is 3.34. The smallest absolute Gasteiger partial charge is 0.263 e. The number of aromatic nitrogens is 2. The summed E-state index contributed by atoms with van der Waals surface area (Å²) in [5.74, 6) is 0.519. The van der Waals surface area contributed by atoms with Crippen molar-refractivity contribution in [3.8, 4) is 0 Å². The highest BCUT2D eigenvalue weighted by atomic mass is 16.2. The van der Waals surface area contributed by atoms with Crippen molar-refractivity contribution in [1.29, 1.82) is 0 Å². The molecular weight excluding hydrogens is 290 g/mol. The third kappa shape index (κ3) is 2.91. The molecule has 1 amide bonds. The largest absolute Gasteiger partial charge is 0.337 e. The molecule has 0 unspecified atom stereocenters. The second-order valence-electron chi connectivity index (χ2n) is 6.85. The predicted molar refractivity (Wildman–Crippen MR) is 88.5 cm³/mol.